The Morgan fingerprint density at radius 1 is 1.18 bits per heavy atom. The van der Waals surface area contributed by atoms with Crippen LogP contribution in [0.3, 0.4) is 0 Å². The van der Waals surface area contributed by atoms with Crippen LogP contribution in [0.1, 0.15) is 90.0 Å². The predicted octanol–water partition coefficient (Wildman–Crippen LogP) is 3.96. The van der Waals surface area contributed by atoms with Gasteiger partial charge in [0.05, 0.1) is 36.7 Å². The number of nitrogens with two attached hydrogens (primary N) is 2. The average Bonchev–Trinajstić information content (AvgIpc) is 3.45. The van der Waals surface area contributed by atoms with E-state index >= 15 is 4.39 Å². The minimum atomic E-state index is -0.968. The molecule has 38 heavy (non-hydrogen) atoms. The van der Waals surface area contributed by atoms with Crippen LogP contribution in [0, 0.1) is 11.2 Å². The number of carbonyl (C=O) groups is 3. The highest BCUT2D eigenvalue weighted by molar-refractivity contribution is 6.01. The third kappa shape index (κ3) is 6.31. The molecule has 9 nitrogen and oxygen atoms in total. The van der Waals surface area contributed by atoms with Crippen molar-refractivity contribution >= 4 is 23.7 Å². The summed E-state index contributed by atoms with van der Waals surface area (Å²) < 4.78 is 22.8. The van der Waals surface area contributed by atoms with Crippen molar-refractivity contribution in [2.24, 2.45) is 16.9 Å². The first-order chi connectivity index (χ1) is 18.1. The van der Waals surface area contributed by atoms with E-state index in [9.17, 15) is 14.4 Å². The molecule has 1 aromatic heterocycles. The van der Waals surface area contributed by atoms with Crippen LogP contribution in [-0.2, 0) is 29.2 Å². The summed E-state index contributed by atoms with van der Waals surface area (Å²) in [5, 5.41) is 11.0. The topological polar surface area (TPSA) is 150 Å². The number of carbonyl (C=O) groups excluding carboxylic acids is 2. The predicted molar refractivity (Wildman–Crippen MR) is 143 cm³/mol. The number of nitrogens with zero attached hydrogens (tertiary/aromatic N) is 1. The summed E-state index contributed by atoms with van der Waals surface area (Å²) >= 11 is 0. The number of anilines is 1. The van der Waals surface area contributed by atoms with Crippen molar-refractivity contribution in [2.45, 2.75) is 78.0 Å². The zero-order chi connectivity index (χ0) is 28.0. The summed E-state index contributed by atoms with van der Waals surface area (Å²) in [5.41, 5.74) is 13.7. The number of ketones is 1. The lowest BCUT2D eigenvalue weighted by atomic mass is 9.75. The number of aldehydes is 1. The van der Waals surface area contributed by atoms with Gasteiger partial charge in [-0.05, 0) is 43.9 Å². The molecule has 1 fully saturated rings. The first kappa shape index (κ1) is 29.5. The summed E-state index contributed by atoms with van der Waals surface area (Å²) in [7, 11) is 1.50. The summed E-state index contributed by atoms with van der Waals surface area (Å²) in [6.45, 7) is 4.73. The SMILES string of the molecule is CC1(C)CC(=O)c2c3c(n(-c4cc(F)c(C=O)c(NC5CCCCC5)c4)c2C1)COC3.CN.NCC(=O)O. The van der Waals surface area contributed by atoms with Crippen LogP contribution < -0.4 is 16.8 Å². The number of carboxylic acids is 1. The molecule has 0 saturated heterocycles. The number of rotatable bonds is 5. The van der Waals surface area contributed by atoms with E-state index in [1.165, 1.54) is 19.5 Å². The van der Waals surface area contributed by atoms with E-state index in [4.69, 9.17) is 9.84 Å². The molecule has 5 rings (SSSR count). The van der Waals surface area contributed by atoms with Crippen molar-refractivity contribution in [3.63, 3.8) is 0 Å². The summed E-state index contributed by atoms with van der Waals surface area (Å²) in [6.07, 6.45) is 7.39. The third-order valence-electron chi connectivity index (χ3n) is 7.16. The fourth-order valence-corrected chi connectivity index (χ4v) is 5.57. The molecule has 0 unspecified atom stereocenters. The highest BCUT2D eigenvalue weighted by atomic mass is 19.1. The first-order valence-electron chi connectivity index (χ1n) is 13.1. The minimum absolute atomic E-state index is 0.0691. The number of ether oxygens (including phenoxy) is 1. The van der Waals surface area contributed by atoms with Gasteiger partial charge in [-0.25, -0.2) is 4.39 Å². The molecule has 0 bridgehead atoms. The number of carboxylic acid groups (broad SMARTS) is 1. The number of aliphatic carboxylic acids is 1. The number of fused-ring (bicyclic) bond motifs is 3. The van der Waals surface area contributed by atoms with Gasteiger partial charge in [-0.2, -0.15) is 0 Å². The zero-order valence-corrected chi connectivity index (χ0v) is 22.4. The van der Waals surface area contributed by atoms with E-state index in [1.807, 2.05) is 10.6 Å². The van der Waals surface area contributed by atoms with Gasteiger partial charge >= 0.3 is 5.97 Å². The Morgan fingerprint density at radius 3 is 2.45 bits per heavy atom. The molecular weight excluding hydrogens is 491 g/mol. The summed E-state index contributed by atoms with van der Waals surface area (Å²) in [4.78, 5) is 33.9. The normalized spacial score (nSPS) is 17.8. The molecule has 0 radical (unpaired) electrons. The molecule has 0 amide bonds. The van der Waals surface area contributed by atoms with Crippen LogP contribution in [0.4, 0.5) is 10.1 Å². The lowest BCUT2D eigenvalue weighted by Crippen LogP contribution is -2.28. The second-order valence-electron chi connectivity index (χ2n) is 10.6. The second-order valence-corrected chi connectivity index (χ2v) is 10.6. The van der Waals surface area contributed by atoms with Crippen LogP contribution in [0.2, 0.25) is 0 Å². The lowest BCUT2D eigenvalue weighted by Gasteiger charge is -2.30. The van der Waals surface area contributed by atoms with E-state index in [1.54, 1.807) is 0 Å². The van der Waals surface area contributed by atoms with Crippen molar-refractivity contribution in [3.8, 4) is 5.69 Å². The van der Waals surface area contributed by atoms with Crippen LogP contribution >= 0.6 is 0 Å². The van der Waals surface area contributed by atoms with Crippen molar-refractivity contribution in [1.29, 1.82) is 0 Å². The monoisotopic (exact) mass is 530 g/mol. The van der Waals surface area contributed by atoms with Gasteiger partial charge in [0.2, 0.25) is 0 Å². The van der Waals surface area contributed by atoms with Crippen molar-refractivity contribution in [2.75, 3.05) is 18.9 Å². The largest absolute Gasteiger partial charge is 0.480 e. The van der Waals surface area contributed by atoms with E-state index in [-0.39, 0.29) is 29.3 Å². The van der Waals surface area contributed by atoms with Gasteiger partial charge in [0.25, 0.3) is 0 Å². The number of halogens is 1. The number of benzene rings is 1. The molecule has 2 aromatic rings. The van der Waals surface area contributed by atoms with Crippen molar-refractivity contribution < 1.29 is 28.6 Å². The van der Waals surface area contributed by atoms with Gasteiger partial charge in [0.1, 0.15) is 5.82 Å². The molecule has 2 heterocycles. The molecule has 1 saturated carbocycles. The summed E-state index contributed by atoms with van der Waals surface area (Å²) in [6, 6.07) is 3.53. The molecular formula is C28H39FN4O5. The van der Waals surface area contributed by atoms with Gasteiger partial charge in [-0.15, -0.1) is 0 Å². The fraction of sp³-hybridized carbons (Fsp3) is 0.536. The third-order valence-corrected chi connectivity index (χ3v) is 7.16. The molecule has 6 N–H and O–H groups in total. The molecule has 1 aromatic carbocycles. The minimum Gasteiger partial charge on any atom is -0.480 e. The molecule has 1 aliphatic heterocycles. The van der Waals surface area contributed by atoms with Crippen molar-refractivity contribution in [1.82, 2.24) is 4.57 Å². The second kappa shape index (κ2) is 12.6. The number of Topliss-reactive ketones (excluding diaryl/α,β-unsaturated/α-hetero) is 1. The Hall–Kier alpha value is -3.08. The number of aromatic nitrogens is 1. The molecule has 3 aliphatic rings. The quantitative estimate of drug-likeness (QED) is 0.424. The standard InChI is InChI=1S/C25H29FN2O3.C2H5NO2.CH5N/c1-25(2)10-21-24(23(30)11-25)18-13-31-14-22(18)28(21)16-8-19(26)17(12-29)20(9-16)27-15-6-4-3-5-7-15;3-1-2(4)5;1-2/h8-9,12,15,27H,3-7,10-11,13-14H2,1-2H3;1,3H2,(H,4,5);2H2,1H3. The maximum atomic E-state index is 15.1. The van der Waals surface area contributed by atoms with Crippen LogP contribution in [0.5, 0.6) is 0 Å². The molecule has 0 spiro atoms. The Morgan fingerprint density at radius 2 is 1.84 bits per heavy atom. The fourth-order valence-electron chi connectivity index (χ4n) is 5.57. The van der Waals surface area contributed by atoms with Gasteiger partial charge < -0.3 is 31.2 Å². The zero-order valence-electron chi connectivity index (χ0n) is 22.4. The van der Waals surface area contributed by atoms with Gasteiger partial charge in [-0.1, -0.05) is 33.1 Å². The van der Waals surface area contributed by atoms with Gasteiger partial charge in [0.15, 0.2) is 12.1 Å². The maximum Gasteiger partial charge on any atom is 0.317 e. The van der Waals surface area contributed by atoms with Gasteiger partial charge in [0, 0.05) is 35.0 Å². The lowest BCUT2D eigenvalue weighted by molar-refractivity contribution is -0.135. The van der Waals surface area contributed by atoms with E-state index < -0.39 is 11.8 Å². The highest BCUT2D eigenvalue weighted by Crippen LogP contribution is 2.42. The first-order valence-corrected chi connectivity index (χ1v) is 13.1. The van der Waals surface area contributed by atoms with Gasteiger partial charge in [-0.3, -0.25) is 14.4 Å². The van der Waals surface area contributed by atoms with E-state index in [0.29, 0.717) is 37.3 Å². The Bertz CT molecular complexity index is 1180. The summed E-state index contributed by atoms with van der Waals surface area (Å²) in [5.74, 6) is -1.37. The molecule has 0 atom stereocenters. The number of hydrogen-bond donors (Lipinski definition) is 4. The molecule has 2 aliphatic carbocycles. The number of hydrogen-bond acceptors (Lipinski definition) is 7. The Balaban J connectivity index is 0.000000515. The van der Waals surface area contributed by atoms with Crippen LogP contribution in [0.15, 0.2) is 12.1 Å². The number of nitrogens with one attached hydrogen (secondary N) is 1. The molecule has 10 heteroatoms. The smallest absolute Gasteiger partial charge is 0.317 e. The van der Waals surface area contributed by atoms with Crippen molar-refractivity contribution in [3.05, 3.63) is 46.0 Å². The average molecular weight is 531 g/mol. The highest BCUT2D eigenvalue weighted by Gasteiger charge is 2.39. The van der Waals surface area contributed by atoms with E-state index in [0.717, 1.165) is 54.6 Å². The van der Waals surface area contributed by atoms with Crippen LogP contribution in [-0.4, -0.2) is 47.3 Å². The Labute approximate surface area is 222 Å². The Kier molecular flexibility index (Phi) is 9.81. The van der Waals surface area contributed by atoms with Crippen LogP contribution in [0.25, 0.3) is 5.69 Å². The molecule has 208 valence electrons. The maximum absolute atomic E-state index is 15.1. The van der Waals surface area contributed by atoms with E-state index in [2.05, 4.69) is 30.6 Å².